The van der Waals surface area contributed by atoms with Crippen molar-refractivity contribution in [2.75, 3.05) is 0 Å². The molecule has 0 aliphatic heterocycles. The molecular formula is C87H58N4S2. The Morgan fingerprint density at radius 3 is 1.19 bits per heavy atom. The third kappa shape index (κ3) is 11.2. The summed E-state index contributed by atoms with van der Waals surface area (Å²) in [4.78, 5) is 21.3. The van der Waals surface area contributed by atoms with Crippen molar-refractivity contribution in [1.82, 2.24) is 19.9 Å². The van der Waals surface area contributed by atoms with Gasteiger partial charge in [0.2, 0.25) is 0 Å². The van der Waals surface area contributed by atoms with Crippen molar-refractivity contribution in [2.45, 2.75) is 6.92 Å². The molecule has 4 nitrogen and oxygen atoms in total. The smallest absolute Gasteiger partial charge is 0.160 e. The average molecular weight is 1220 g/mol. The lowest BCUT2D eigenvalue weighted by Crippen LogP contribution is -1.94. The van der Waals surface area contributed by atoms with Crippen LogP contribution in [0.5, 0.6) is 0 Å². The predicted molar refractivity (Wildman–Crippen MR) is 396 cm³/mol. The molecule has 438 valence electrons. The van der Waals surface area contributed by atoms with E-state index in [0.29, 0.717) is 5.82 Å². The van der Waals surface area contributed by atoms with Gasteiger partial charge in [0.15, 0.2) is 11.6 Å². The summed E-state index contributed by atoms with van der Waals surface area (Å²) in [5.41, 5.74) is 26.4. The number of hydrogen-bond acceptors (Lipinski definition) is 6. The van der Waals surface area contributed by atoms with Crippen molar-refractivity contribution in [1.29, 1.82) is 0 Å². The molecule has 4 aromatic heterocycles. The minimum atomic E-state index is 0.694. The van der Waals surface area contributed by atoms with Crippen LogP contribution >= 0.6 is 22.7 Å². The Morgan fingerprint density at radius 2 is 0.656 bits per heavy atom. The molecule has 0 unspecified atom stereocenters. The number of thiophene rings is 2. The first-order chi connectivity index (χ1) is 45.9. The first-order valence-electron chi connectivity index (χ1n) is 31.3. The highest BCUT2D eigenvalue weighted by molar-refractivity contribution is 7.26. The monoisotopic (exact) mass is 1220 g/mol. The molecule has 0 spiro atoms. The predicted octanol–water partition coefficient (Wildman–Crippen LogP) is 24.5. The highest BCUT2D eigenvalue weighted by Crippen LogP contribution is 2.44. The average Bonchev–Trinajstić information content (AvgIpc) is 1.65. The van der Waals surface area contributed by atoms with Gasteiger partial charge >= 0.3 is 0 Å². The third-order valence-electron chi connectivity index (χ3n) is 17.5. The van der Waals surface area contributed by atoms with Gasteiger partial charge in [-0.2, -0.15) is 0 Å². The number of fused-ring (bicyclic) bond motifs is 6. The summed E-state index contributed by atoms with van der Waals surface area (Å²) in [6, 6.07) is 107. The van der Waals surface area contributed by atoms with Gasteiger partial charge < -0.3 is 0 Å². The second kappa shape index (κ2) is 24.7. The van der Waals surface area contributed by atoms with E-state index in [1.54, 1.807) is 22.7 Å². The molecular weight excluding hydrogens is 1170 g/mol. The minimum absolute atomic E-state index is 0.694. The van der Waals surface area contributed by atoms with E-state index in [1.807, 2.05) is 18.2 Å². The van der Waals surface area contributed by atoms with Crippen LogP contribution in [0.2, 0.25) is 0 Å². The molecule has 0 aliphatic rings. The largest absolute Gasteiger partial charge is 0.226 e. The van der Waals surface area contributed by atoms with Crippen molar-refractivity contribution in [2.24, 2.45) is 0 Å². The maximum absolute atomic E-state index is 5.44. The van der Waals surface area contributed by atoms with Crippen LogP contribution in [0.1, 0.15) is 12.5 Å². The van der Waals surface area contributed by atoms with Gasteiger partial charge in [-0.1, -0.05) is 292 Å². The molecule has 16 rings (SSSR count). The van der Waals surface area contributed by atoms with E-state index in [-0.39, 0.29) is 0 Å². The molecule has 0 aliphatic carbocycles. The van der Waals surface area contributed by atoms with Crippen LogP contribution in [-0.2, 0) is 0 Å². The van der Waals surface area contributed by atoms with Crippen LogP contribution in [0.4, 0.5) is 0 Å². The molecule has 12 aromatic carbocycles. The maximum Gasteiger partial charge on any atom is 0.160 e. The lowest BCUT2D eigenvalue weighted by atomic mass is 9.95. The molecule has 16 aromatic rings. The fourth-order valence-electron chi connectivity index (χ4n) is 12.6. The van der Waals surface area contributed by atoms with Gasteiger partial charge in [0, 0.05) is 42.4 Å². The quantitative estimate of drug-likeness (QED) is 0.102. The molecule has 6 heteroatoms. The highest BCUT2D eigenvalue weighted by atomic mass is 32.1. The second-order valence-corrected chi connectivity index (χ2v) is 25.4. The summed E-state index contributed by atoms with van der Waals surface area (Å²) in [5, 5.41) is 2.27. The van der Waals surface area contributed by atoms with E-state index in [0.717, 1.165) is 153 Å². The summed E-state index contributed by atoms with van der Waals surface area (Å²) in [7, 11) is 0. The standard InChI is InChI=1S/C87H58N4S2/c1-3-5-18-56(4-2)67-23-14-25-69(51-67)61-41-45-65(46-42-61)81-85-83(90-86(88-81)66-47-43-62(44-48-66)70-26-15-24-68(52-70)57-19-8-6-9-20-57)77-50-49-74(55-79(77)93-85)63-39-35-59(36-40-63)58-33-37-60(38-34-58)71-27-16-28-72(53-71)73-29-17-30-75(54-73)87-89-80(64-21-10-7-11-22-64)84-82(91-87)76-31-12-13-32-78(76)92-84/h3-55H,1H2,2H3. The van der Waals surface area contributed by atoms with Gasteiger partial charge in [-0.3, -0.25) is 0 Å². The van der Waals surface area contributed by atoms with E-state index < -0.39 is 0 Å². The van der Waals surface area contributed by atoms with E-state index in [1.165, 1.54) is 15.8 Å². The number of nitrogens with zero attached hydrogens (tertiary/aromatic N) is 4. The van der Waals surface area contributed by atoms with Gasteiger partial charge in [-0.25, -0.2) is 19.9 Å². The van der Waals surface area contributed by atoms with Gasteiger partial charge in [-0.05, 0) is 132 Å². The first-order valence-corrected chi connectivity index (χ1v) is 32.9. The Labute approximate surface area is 548 Å². The molecule has 0 amide bonds. The summed E-state index contributed by atoms with van der Waals surface area (Å²) in [6.07, 6.45) is 8.03. The Hall–Kier alpha value is -11.5. The van der Waals surface area contributed by atoms with Gasteiger partial charge in [0.1, 0.15) is 0 Å². The Kier molecular flexibility index (Phi) is 15.0. The van der Waals surface area contributed by atoms with Gasteiger partial charge in [-0.15, -0.1) is 22.7 Å². The number of hydrogen-bond donors (Lipinski definition) is 0. The Balaban J connectivity index is 0.681. The van der Waals surface area contributed by atoms with Gasteiger partial charge in [0.25, 0.3) is 0 Å². The molecule has 0 fully saturated rings. The topological polar surface area (TPSA) is 51.6 Å². The van der Waals surface area contributed by atoms with E-state index in [9.17, 15) is 0 Å². The van der Waals surface area contributed by atoms with Crippen molar-refractivity contribution >= 4 is 68.9 Å². The minimum Gasteiger partial charge on any atom is -0.226 e. The fourth-order valence-corrected chi connectivity index (χ4v) is 15.0. The third-order valence-corrected chi connectivity index (χ3v) is 19.8. The molecule has 0 N–H and O–H groups in total. The zero-order valence-corrected chi connectivity index (χ0v) is 52.5. The number of allylic oxidation sites excluding steroid dienone is 5. The summed E-state index contributed by atoms with van der Waals surface area (Å²) in [5.74, 6) is 1.41. The van der Waals surface area contributed by atoms with Gasteiger partial charge in [0.05, 0.1) is 31.8 Å². The lowest BCUT2D eigenvalue weighted by molar-refractivity contribution is 1.24. The zero-order chi connectivity index (χ0) is 62.2. The SMILES string of the molecule is C=CC=CC(=CC)c1cccc(-c2ccc(-c3nc(-c4ccc(-c5cccc(-c6ccccc6)c5)cc4)nc4c3sc3cc(-c5ccc(-c6ccc(-c7cccc(-c8cccc(-c9nc(-c%10ccccc%10)c%10sc%11ccccc%11c%10n9)c8)c7)cc6)cc5)ccc34)cc2)c1. The molecule has 0 bridgehead atoms. The summed E-state index contributed by atoms with van der Waals surface area (Å²) in [6.45, 7) is 5.94. The van der Waals surface area contributed by atoms with Crippen LogP contribution in [0.3, 0.4) is 0 Å². The molecule has 4 heterocycles. The number of aromatic nitrogens is 4. The maximum atomic E-state index is 5.44. The molecule has 0 saturated heterocycles. The van der Waals surface area contributed by atoms with Crippen molar-refractivity contribution in [3.8, 4) is 123 Å². The van der Waals surface area contributed by atoms with Crippen LogP contribution in [0.25, 0.3) is 169 Å². The normalized spacial score (nSPS) is 11.8. The van der Waals surface area contributed by atoms with Crippen molar-refractivity contribution in [3.63, 3.8) is 0 Å². The van der Waals surface area contributed by atoms with E-state index in [2.05, 4.69) is 317 Å². The zero-order valence-electron chi connectivity index (χ0n) is 50.9. The Bertz CT molecular complexity index is 5550. The van der Waals surface area contributed by atoms with Crippen LogP contribution in [-0.4, -0.2) is 19.9 Å². The summed E-state index contributed by atoms with van der Waals surface area (Å²) >= 11 is 3.52. The number of rotatable bonds is 14. The first kappa shape index (κ1) is 56.7. The van der Waals surface area contributed by atoms with E-state index >= 15 is 0 Å². The molecule has 93 heavy (non-hydrogen) atoms. The molecule has 0 radical (unpaired) electrons. The summed E-state index contributed by atoms with van der Waals surface area (Å²) < 4.78 is 4.54. The fraction of sp³-hybridized carbons (Fsp3) is 0.0115. The van der Waals surface area contributed by atoms with Crippen LogP contribution < -0.4 is 0 Å². The van der Waals surface area contributed by atoms with Crippen molar-refractivity contribution < 1.29 is 0 Å². The molecule has 0 saturated carbocycles. The lowest BCUT2D eigenvalue weighted by Gasteiger charge is -2.10. The Morgan fingerprint density at radius 1 is 0.301 bits per heavy atom. The molecule has 0 atom stereocenters. The highest BCUT2D eigenvalue weighted by Gasteiger charge is 2.20. The number of benzene rings is 12. The van der Waals surface area contributed by atoms with Crippen LogP contribution in [0.15, 0.2) is 328 Å². The van der Waals surface area contributed by atoms with Crippen molar-refractivity contribution in [3.05, 3.63) is 334 Å². The van der Waals surface area contributed by atoms with E-state index in [4.69, 9.17) is 19.9 Å². The second-order valence-electron chi connectivity index (χ2n) is 23.3. The van der Waals surface area contributed by atoms with Crippen LogP contribution in [0, 0.1) is 0 Å².